The van der Waals surface area contributed by atoms with Crippen LogP contribution in [0.3, 0.4) is 0 Å². The zero-order chi connectivity index (χ0) is 15.4. The number of para-hydroxylation sites is 1. The van der Waals surface area contributed by atoms with Crippen LogP contribution in [0.4, 0.5) is 0 Å². The van der Waals surface area contributed by atoms with E-state index in [1.807, 2.05) is 36.4 Å². The lowest BCUT2D eigenvalue weighted by molar-refractivity contribution is 0.0520. The monoisotopic (exact) mass is 294 g/mol. The highest BCUT2D eigenvalue weighted by atomic mass is 16.5. The summed E-state index contributed by atoms with van der Waals surface area (Å²) in [5.41, 5.74) is 2.31. The number of hydrogen-bond acceptors (Lipinski definition) is 5. The third-order valence-electron chi connectivity index (χ3n) is 3.07. The standard InChI is InChI=1S/C16H14N4O2/c1-2-22-16(21)14-15(12-7-6-10-17-11-12)20(19-18-14)13-8-4-3-5-9-13/h3-11H,2H2,1H3. The molecule has 6 nitrogen and oxygen atoms in total. The number of pyridine rings is 1. The molecule has 0 aliphatic heterocycles. The van der Waals surface area contributed by atoms with Gasteiger partial charge in [0.05, 0.1) is 12.3 Å². The van der Waals surface area contributed by atoms with Crippen molar-refractivity contribution in [1.29, 1.82) is 0 Å². The van der Waals surface area contributed by atoms with E-state index in [9.17, 15) is 4.79 Å². The summed E-state index contributed by atoms with van der Waals surface area (Å²) in [6.07, 6.45) is 3.34. The van der Waals surface area contributed by atoms with Crippen LogP contribution in [-0.4, -0.2) is 32.6 Å². The van der Waals surface area contributed by atoms with Gasteiger partial charge in [0, 0.05) is 18.0 Å². The first kappa shape index (κ1) is 13.9. The molecule has 1 aromatic carbocycles. The molecule has 6 heteroatoms. The molecular formula is C16H14N4O2. The topological polar surface area (TPSA) is 69.9 Å². The van der Waals surface area contributed by atoms with Gasteiger partial charge in [0.1, 0.15) is 5.69 Å². The van der Waals surface area contributed by atoms with Crippen LogP contribution in [0.5, 0.6) is 0 Å². The molecule has 0 saturated heterocycles. The van der Waals surface area contributed by atoms with Crippen molar-refractivity contribution in [3.63, 3.8) is 0 Å². The average molecular weight is 294 g/mol. The molecule has 2 heterocycles. The third kappa shape index (κ3) is 2.58. The summed E-state index contributed by atoms with van der Waals surface area (Å²) < 4.78 is 6.68. The number of carbonyl (C=O) groups is 1. The largest absolute Gasteiger partial charge is 0.461 e. The average Bonchev–Trinajstić information content (AvgIpc) is 3.02. The van der Waals surface area contributed by atoms with Gasteiger partial charge in [0.2, 0.25) is 0 Å². The molecule has 0 saturated carbocycles. The second kappa shape index (κ2) is 6.17. The van der Waals surface area contributed by atoms with Crippen molar-refractivity contribution in [3.8, 4) is 16.9 Å². The van der Waals surface area contributed by atoms with E-state index >= 15 is 0 Å². The number of nitrogens with zero attached hydrogens (tertiary/aromatic N) is 4. The molecule has 0 radical (unpaired) electrons. The highest BCUT2D eigenvalue weighted by Gasteiger charge is 2.23. The smallest absolute Gasteiger partial charge is 0.361 e. The minimum Gasteiger partial charge on any atom is -0.461 e. The summed E-state index contributed by atoms with van der Waals surface area (Å²) in [7, 11) is 0. The van der Waals surface area contributed by atoms with Gasteiger partial charge < -0.3 is 4.74 Å². The first-order chi connectivity index (χ1) is 10.8. The van der Waals surface area contributed by atoms with Gasteiger partial charge in [-0.3, -0.25) is 4.98 Å². The molecule has 0 unspecified atom stereocenters. The Morgan fingerprint density at radius 1 is 1.18 bits per heavy atom. The van der Waals surface area contributed by atoms with Crippen LogP contribution >= 0.6 is 0 Å². The molecule has 22 heavy (non-hydrogen) atoms. The van der Waals surface area contributed by atoms with E-state index in [0.717, 1.165) is 11.3 Å². The maximum absolute atomic E-state index is 12.1. The van der Waals surface area contributed by atoms with Crippen molar-refractivity contribution in [2.75, 3.05) is 6.61 Å². The number of aromatic nitrogens is 4. The Hall–Kier alpha value is -3.02. The molecule has 2 aromatic heterocycles. The van der Waals surface area contributed by atoms with Crippen LogP contribution in [0.25, 0.3) is 16.9 Å². The maximum atomic E-state index is 12.1. The minimum atomic E-state index is -0.497. The molecular weight excluding hydrogens is 280 g/mol. The fourth-order valence-electron chi connectivity index (χ4n) is 2.13. The summed E-state index contributed by atoms with van der Waals surface area (Å²) in [6, 6.07) is 13.1. The van der Waals surface area contributed by atoms with Crippen molar-refractivity contribution in [1.82, 2.24) is 20.0 Å². The van der Waals surface area contributed by atoms with Crippen molar-refractivity contribution >= 4 is 5.97 Å². The van der Waals surface area contributed by atoms with Gasteiger partial charge in [0.15, 0.2) is 5.69 Å². The first-order valence-electron chi connectivity index (χ1n) is 6.90. The SMILES string of the molecule is CCOC(=O)c1nnn(-c2ccccc2)c1-c1cccnc1. The maximum Gasteiger partial charge on any atom is 0.361 e. The first-order valence-corrected chi connectivity index (χ1v) is 6.90. The number of benzene rings is 1. The van der Waals surface area contributed by atoms with Crippen molar-refractivity contribution < 1.29 is 9.53 Å². The van der Waals surface area contributed by atoms with Crippen molar-refractivity contribution in [3.05, 3.63) is 60.6 Å². The third-order valence-corrected chi connectivity index (χ3v) is 3.07. The number of ether oxygens (including phenoxy) is 1. The Kier molecular flexibility index (Phi) is 3.91. The lowest BCUT2D eigenvalue weighted by Gasteiger charge is -2.07. The number of rotatable bonds is 4. The Labute approximate surface area is 127 Å². The highest BCUT2D eigenvalue weighted by Crippen LogP contribution is 2.25. The summed E-state index contributed by atoms with van der Waals surface area (Å²) in [6.45, 7) is 2.03. The molecule has 3 rings (SSSR count). The normalized spacial score (nSPS) is 10.4. The molecule has 0 aliphatic rings. The van der Waals surface area contributed by atoms with Crippen LogP contribution in [0.2, 0.25) is 0 Å². The zero-order valence-corrected chi connectivity index (χ0v) is 12.0. The van der Waals surface area contributed by atoms with Crippen LogP contribution in [0, 0.1) is 0 Å². The van der Waals surface area contributed by atoms with E-state index in [1.54, 1.807) is 30.1 Å². The quantitative estimate of drug-likeness (QED) is 0.691. The number of carbonyl (C=O) groups excluding carboxylic acids is 1. The zero-order valence-electron chi connectivity index (χ0n) is 12.0. The van der Waals surface area contributed by atoms with Crippen LogP contribution in [0.1, 0.15) is 17.4 Å². The second-order valence-corrected chi connectivity index (χ2v) is 4.50. The van der Waals surface area contributed by atoms with E-state index < -0.39 is 5.97 Å². The predicted octanol–water partition coefficient (Wildman–Crippen LogP) is 2.51. The minimum absolute atomic E-state index is 0.179. The summed E-state index contributed by atoms with van der Waals surface area (Å²) in [5.74, 6) is -0.497. The molecule has 0 N–H and O–H groups in total. The van der Waals surface area contributed by atoms with Crippen LogP contribution in [-0.2, 0) is 4.74 Å². The van der Waals surface area contributed by atoms with Crippen LogP contribution < -0.4 is 0 Å². The van der Waals surface area contributed by atoms with Gasteiger partial charge in [-0.2, -0.15) is 0 Å². The van der Waals surface area contributed by atoms with E-state index in [2.05, 4.69) is 15.3 Å². The summed E-state index contributed by atoms with van der Waals surface area (Å²) in [4.78, 5) is 16.2. The fraction of sp³-hybridized carbons (Fsp3) is 0.125. The Balaban J connectivity index is 2.18. The number of hydrogen-bond donors (Lipinski definition) is 0. The van der Waals surface area contributed by atoms with Crippen LogP contribution in [0.15, 0.2) is 54.9 Å². The number of esters is 1. The fourth-order valence-corrected chi connectivity index (χ4v) is 2.13. The molecule has 0 bridgehead atoms. The Bertz CT molecular complexity index is 769. The molecule has 0 fully saturated rings. The van der Waals surface area contributed by atoms with Gasteiger partial charge in [-0.05, 0) is 31.2 Å². The molecule has 0 amide bonds. The molecule has 0 spiro atoms. The molecule has 0 atom stereocenters. The van der Waals surface area contributed by atoms with Gasteiger partial charge in [-0.1, -0.05) is 23.4 Å². The summed E-state index contributed by atoms with van der Waals surface area (Å²) >= 11 is 0. The lowest BCUT2D eigenvalue weighted by atomic mass is 10.1. The van der Waals surface area contributed by atoms with Gasteiger partial charge in [0.25, 0.3) is 0 Å². The van der Waals surface area contributed by atoms with E-state index in [4.69, 9.17) is 4.74 Å². The van der Waals surface area contributed by atoms with Gasteiger partial charge in [-0.25, -0.2) is 9.48 Å². The van der Waals surface area contributed by atoms with Crippen molar-refractivity contribution in [2.24, 2.45) is 0 Å². The summed E-state index contributed by atoms with van der Waals surface area (Å²) in [5, 5.41) is 8.10. The van der Waals surface area contributed by atoms with Gasteiger partial charge >= 0.3 is 5.97 Å². The highest BCUT2D eigenvalue weighted by molar-refractivity contribution is 5.94. The van der Waals surface area contributed by atoms with E-state index in [1.165, 1.54) is 0 Å². The predicted molar refractivity (Wildman–Crippen MR) is 80.5 cm³/mol. The molecule has 0 aliphatic carbocycles. The molecule has 3 aromatic rings. The lowest BCUT2D eigenvalue weighted by Crippen LogP contribution is -2.08. The Morgan fingerprint density at radius 3 is 2.68 bits per heavy atom. The van der Waals surface area contributed by atoms with Gasteiger partial charge in [-0.15, -0.1) is 5.10 Å². The van der Waals surface area contributed by atoms with E-state index in [0.29, 0.717) is 5.69 Å². The second-order valence-electron chi connectivity index (χ2n) is 4.50. The van der Waals surface area contributed by atoms with Crippen molar-refractivity contribution in [2.45, 2.75) is 6.92 Å². The molecule has 110 valence electrons. The van der Waals surface area contributed by atoms with E-state index in [-0.39, 0.29) is 12.3 Å². The Morgan fingerprint density at radius 2 is 2.00 bits per heavy atom.